The van der Waals surface area contributed by atoms with Gasteiger partial charge < -0.3 is 0 Å². The fourth-order valence-corrected chi connectivity index (χ4v) is 1.30. The lowest BCUT2D eigenvalue weighted by Crippen LogP contribution is -2.18. The number of aromatic nitrogens is 5. The summed E-state index contributed by atoms with van der Waals surface area (Å²) in [5.41, 5.74) is -0.0323. The third-order valence-electron chi connectivity index (χ3n) is 1.95. The molecule has 5 heteroatoms. The average molecular weight is 191 g/mol. The molecule has 0 aliphatic carbocycles. The molecule has 0 unspecified atom stereocenters. The van der Waals surface area contributed by atoms with Gasteiger partial charge >= 0.3 is 0 Å². The molecule has 0 bridgehead atoms. The van der Waals surface area contributed by atoms with Crippen LogP contribution in [-0.2, 0) is 5.41 Å². The van der Waals surface area contributed by atoms with E-state index in [1.807, 2.05) is 10.6 Å². The topological polar surface area (TPSA) is 59.4 Å². The van der Waals surface area contributed by atoms with Crippen LogP contribution in [0.2, 0.25) is 0 Å². The molecular weight excluding hydrogens is 178 g/mol. The van der Waals surface area contributed by atoms with Gasteiger partial charge in [-0.05, 0) is 0 Å². The molecule has 0 fully saturated rings. The molecule has 1 N–H and O–H groups in total. The van der Waals surface area contributed by atoms with Crippen LogP contribution in [0.3, 0.4) is 0 Å². The molecule has 0 spiro atoms. The molecule has 74 valence electrons. The van der Waals surface area contributed by atoms with E-state index in [0.29, 0.717) is 0 Å². The van der Waals surface area contributed by atoms with E-state index in [4.69, 9.17) is 0 Å². The lowest BCUT2D eigenvalue weighted by molar-refractivity contribution is 0.531. The lowest BCUT2D eigenvalue weighted by atomic mass is 9.96. The van der Waals surface area contributed by atoms with Gasteiger partial charge in [0, 0.05) is 17.7 Å². The normalized spacial score (nSPS) is 11.9. The largest absolute Gasteiger partial charge is 0.284 e. The van der Waals surface area contributed by atoms with Gasteiger partial charge in [-0.2, -0.15) is 5.10 Å². The highest BCUT2D eigenvalue weighted by Gasteiger charge is 2.21. The molecule has 5 nitrogen and oxygen atoms in total. The molecule has 14 heavy (non-hydrogen) atoms. The van der Waals surface area contributed by atoms with Crippen LogP contribution in [0.5, 0.6) is 0 Å². The fraction of sp³-hybridized carbons (Fsp3) is 0.444. The second kappa shape index (κ2) is 2.94. The van der Waals surface area contributed by atoms with E-state index in [9.17, 15) is 0 Å². The smallest absolute Gasteiger partial charge is 0.161 e. The fourth-order valence-electron chi connectivity index (χ4n) is 1.30. The molecule has 0 aromatic carbocycles. The maximum Gasteiger partial charge on any atom is 0.161 e. The van der Waals surface area contributed by atoms with Gasteiger partial charge in [-0.3, -0.25) is 9.67 Å². The van der Waals surface area contributed by atoms with Gasteiger partial charge in [0.05, 0.1) is 0 Å². The summed E-state index contributed by atoms with van der Waals surface area (Å²) in [6.45, 7) is 6.29. The molecule has 2 aromatic heterocycles. The van der Waals surface area contributed by atoms with Crippen molar-refractivity contribution in [1.82, 2.24) is 25.0 Å². The van der Waals surface area contributed by atoms with Crippen molar-refractivity contribution < 1.29 is 0 Å². The van der Waals surface area contributed by atoms with Crippen molar-refractivity contribution in [1.29, 1.82) is 0 Å². The molecule has 0 radical (unpaired) electrons. The van der Waals surface area contributed by atoms with Crippen molar-refractivity contribution in [3.05, 3.63) is 24.4 Å². The van der Waals surface area contributed by atoms with Crippen LogP contribution in [0.15, 0.2) is 18.6 Å². The van der Waals surface area contributed by atoms with Gasteiger partial charge in [-0.25, -0.2) is 0 Å². The Kier molecular flexibility index (Phi) is 1.87. The molecule has 0 saturated heterocycles. The standard InChI is InChI=1S/C9H13N5/c1-9(2,3)8-13-11-6-14(8)7-4-5-10-12-7/h4-6H,1-3H3,(H,10,12). The summed E-state index contributed by atoms with van der Waals surface area (Å²) in [7, 11) is 0. The number of hydrogen-bond acceptors (Lipinski definition) is 3. The Morgan fingerprint density at radius 1 is 1.36 bits per heavy atom. The number of rotatable bonds is 1. The van der Waals surface area contributed by atoms with Gasteiger partial charge in [0.2, 0.25) is 0 Å². The minimum Gasteiger partial charge on any atom is -0.284 e. The van der Waals surface area contributed by atoms with Crippen molar-refractivity contribution in [3.63, 3.8) is 0 Å². The summed E-state index contributed by atoms with van der Waals surface area (Å²) in [5, 5.41) is 14.9. The van der Waals surface area contributed by atoms with Crippen LogP contribution in [0.25, 0.3) is 5.82 Å². The van der Waals surface area contributed by atoms with Crippen LogP contribution in [0.1, 0.15) is 26.6 Å². The maximum atomic E-state index is 4.10. The second-order valence-electron chi connectivity index (χ2n) is 4.21. The van der Waals surface area contributed by atoms with Crippen LogP contribution < -0.4 is 0 Å². The van der Waals surface area contributed by atoms with E-state index < -0.39 is 0 Å². The first-order valence-corrected chi connectivity index (χ1v) is 4.50. The molecule has 0 saturated carbocycles. The van der Waals surface area contributed by atoms with Crippen molar-refractivity contribution >= 4 is 0 Å². The van der Waals surface area contributed by atoms with Crippen molar-refractivity contribution in [2.45, 2.75) is 26.2 Å². The third kappa shape index (κ3) is 1.41. The van der Waals surface area contributed by atoms with Gasteiger partial charge in [-0.1, -0.05) is 20.8 Å². The van der Waals surface area contributed by atoms with Gasteiger partial charge in [0.25, 0.3) is 0 Å². The number of hydrogen-bond donors (Lipinski definition) is 1. The Bertz CT molecular complexity index is 407. The lowest BCUT2D eigenvalue weighted by Gasteiger charge is -2.17. The average Bonchev–Trinajstić information content (AvgIpc) is 2.73. The third-order valence-corrected chi connectivity index (χ3v) is 1.95. The summed E-state index contributed by atoms with van der Waals surface area (Å²) in [5.74, 6) is 1.73. The maximum absolute atomic E-state index is 4.10. The molecule has 0 aliphatic rings. The molecular formula is C9H13N5. The van der Waals surface area contributed by atoms with Gasteiger partial charge in [0.1, 0.15) is 12.2 Å². The van der Waals surface area contributed by atoms with E-state index in [1.54, 1.807) is 12.5 Å². The van der Waals surface area contributed by atoms with Gasteiger partial charge in [0.15, 0.2) is 5.82 Å². The first-order valence-electron chi connectivity index (χ1n) is 4.50. The van der Waals surface area contributed by atoms with E-state index in [1.165, 1.54) is 0 Å². The Labute approximate surface area is 82.2 Å². The quantitative estimate of drug-likeness (QED) is 0.738. The number of nitrogens with one attached hydrogen (secondary N) is 1. The summed E-state index contributed by atoms with van der Waals surface area (Å²) in [6.07, 6.45) is 3.46. The Balaban J connectivity index is 2.51. The van der Waals surface area contributed by atoms with Crippen molar-refractivity contribution in [2.75, 3.05) is 0 Å². The van der Waals surface area contributed by atoms with Crippen molar-refractivity contribution in [2.24, 2.45) is 0 Å². The number of nitrogens with zero attached hydrogens (tertiary/aromatic N) is 4. The molecule has 2 rings (SSSR count). The zero-order chi connectivity index (χ0) is 10.2. The van der Waals surface area contributed by atoms with E-state index in [0.717, 1.165) is 11.6 Å². The Morgan fingerprint density at radius 3 is 2.71 bits per heavy atom. The summed E-state index contributed by atoms with van der Waals surface area (Å²) in [4.78, 5) is 0. The second-order valence-corrected chi connectivity index (χ2v) is 4.21. The molecule has 0 amide bonds. The van der Waals surface area contributed by atoms with Crippen LogP contribution in [0.4, 0.5) is 0 Å². The predicted molar refractivity (Wildman–Crippen MR) is 52.2 cm³/mol. The monoisotopic (exact) mass is 191 g/mol. The van der Waals surface area contributed by atoms with Crippen LogP contribution in [0, 0.1) is 0 Å². The Hall–Kier alpha value is -1.65. The van der Waals surface area contributed by atoms with E-state index >= 15 is 0 Å². The predicted octanol–water partition coefficient (Wildman–Crippen LogP) is 1.29. The van der Waals surface area contributed by atoms with Crippen LogP contribution in [-0.4, -0.2) is 25.0 Å². The zero-order valence-electron chi connectivity index (χ0n) is 8.52. The first-order chi connectivity index (χ1) is 6.59. The highest BCUT2D eigenvalue weighted by atomic mass is 15.3. The molecule has 2 heterocycles. The summed E-state index contributed by atoms with van der Waals surface area (Å²) >= 11 is 0. The van der Waals surface area contributed by atoms with Crippen molar-refractivity contribution in [3.8, 4) is 5.82 Å². The summed E-state index contributed by atoms with van der Waals surface area (Å²) in [6, 6.07) is 1.89. The minimum absolute atomic E-state index is 0.0323. The minimum atomic E-state index is -0.0323. The highest BCUT2D eigenvalue weighted by molar-refractivity contribution is 5.22. The van der Waals surface area contributed by atoms with E-state index in [-0.39, 0.29) is 5.41 Å². The Morgan fingerprint density at radius 2 is 2.14 bits per heavy atom. The summed E-state index contributed by atoms with van der Waals surface area (Å²) < 4.78 is 1.89. The highest BCUT2D eigenvalue weighted by Crippen LogP contribution is 2.21. The molecule has 2 aromatic rings. The van der Waals surface area contributed by atoms with Crippen LogP contribution >= 0.6 is 0 Å². The van der Waals surface area contributed by atoms with E-state index in [2.05, 4.69) is 41.2 Å². The first kappa shape index (κ1) is 8.93. The SMILES string of the molecule is CC(C)(C)c1nncn1-c1cc[nH]n1. The molecule has 0 atom stereocenters. The number of H-pyrrole nitrogens is 1. The zero-order valence-corrected chi connectivity index (χ0v) is 8.52. The van der Waals surface area contributed by atoms with Gasteiger partial charge in [-0.15, -0.1) is 10.2 Å². The number of aromatic amines is 1. The molecule has 0 aliphatic heterocycles.